The Morgan fingerprint density at radius 2 is 1.84 bits per heavy atom. The highest BCUT2D eigenvalue weighted by molar-refractivity contribution is 6.30. The van der Waals surface area contributed by atoms with Gasteiger partial charge in [-0.25, -0.2) is 0 Å². The van der Waals surface area contributed by atoms with Crippen molar-refractivity contribution in [3.05, 3.63) is 112 Å². The van der Waals surface area contributed by atoms with Crippen LogP contribution in [0.5, 0.6) is 5.75 Å². The number of aryl methyl sites for hydroxylation is 2. The Morgan fingerprint density at radius 1 is 1.00 bits per heavy atom. The largest absolute Gasteiger partial charge is 0.489 e. The Bertz CT molecular complexity index is 1250. The van der Waals surface area contributed by atoms with Gasteiger partial charge in [0.15, 0.2) is 5.82 Å². The first-order valence-corrected chi connectivity index (χ1v) is 10.7. The van der Waals surface area contributed by atoms with E-state index in [0.717, 1.165) is 16.9 Å². The van der Waals surface area contributed by atoms with E-state index in [9.17, 15) is 4.79 Å². The van der Waals surface area contributed by atoms with Crippen LogP contribution >= 0.6 is 11.6 Å². The number of anilines is 1. The van der Waals surface area contributed by atoms with Crippen LogP contribution in [-0.4, -0.2) is 15.7 Å². The first-order valence-electron chi connectivity index (χ1n) is 10.3. The molecule has 0 aliphatic rings. The van der Waals surface area contributed by atoms with Crippen LogP contribution in [0.4, 0.5) is 5.82 Å². The lowest BCUT2D eigenvalue weighted by Gasteiger charge is -2.10. The van der Waals surface area contributed by atoms with Gasteiger partial charge in [0.25, 0.3) is 5.91 Å². The number of benzene rings is 3. The summed E-state index contributed by atoms with van der Waals surface area (Å²) in [5, 5.41) is 8.02. The number of carbonyl (C=O) groups is 1. The molecule has 6 heteroatoms. The van der Waals surface area contributed by atoms with Crippen molar-refractivity contribution in [1.82, 2.24) is 9.78 Å². The van der Waals surface area contributed by atoms with Crippen LogP contribution in [0.15, 0.2) is 79.0 Å². The third-order valence-electron chi connectivity index (χ3n) is 5.20. The van der Waals surface area contributed by atoms with E-state index in [1.165, 1.54) is 11.1 Å². The molecule has 0 saturated carbocycles. The number of hydrogen-bond donors (Lipinski definition) is 1. The molecule has 1 aromatic heterocycles. The Kier molecular flexibility index (Phi) is 6.57. The van der Waals surface area contributed by atoms with Crippen LogP contribution in [0.2, 0.25) is 5.02 Å². The third-order valence-corrected chi connectivity index (χ3v) is 5.43. The minimum atomic E-state index is -0.212. The van der Waals surface area contributed by atoms with Crippen molar-refractivity contribution in [1.29, 1.82) is 0 Å². The molecule has 0 radical (unpaired) electrons. The second-order valence-electron chi connectivity index (χ2n) is 7.68. The van der Waals surface area contributed by atoms with Gasteiger partial charge in [-0.15, -0.1) is 0 Å². The maximum atomic E-state index is 12.7. The smallest absolute Gasteiger partial charge is 0.256 e. The first-order chi connectivity index (χ1) is 15.5. The summed E-state index contributed by atoms with van der Waals surface area (Å²) in [4.78, 5) is 12.7. The van der Waals surface area contributed by atoms with E-state index in [1.54, 1.807) is 18.2 Å². The van der Waals surface area contributed by atoms with Gasteiger partial charge in [-0.2, -0.15) is 5.10 Å². The van der Waals surface area contributed by atoms with E-state index in [4.69, 9.17) is 16.3 Å². The predicted octanol–water partition coefficient (Wildman–Crippen LogP) is 6.03. The van der Waals surface area contributed by atoms with Gasteiger partial charge in [0.05, 0.1) is 6.54 Å². The lowest BCUT2D eigenvalue weighted by molar-refractivity contribution is 0.102. The highest BCUT2D eigenvalue weighted by Gasteiger charge is 2.10. The number of halogens is 1. The van der Waals surface area contributed by atoms with Crippen molar-refractivity contribution < 1.29 is 9.53 Å². The highest BCUT2D eigenvalue weighted by Crippen LogP contribution is 2.23. The second-order valence-corrected chi connectivity index (χ2v) is 8.11. The monoisotopic (exact) mass is 445 g/mol. The Morgan fingerprint density at radius 3 is 2.66 bits per heavy atom. The summed E-state index contributed by atoms with van der Waals surface area (Å²) in [6, 6.07) is 22.9. The first kappa shape index (κ1) is 21.7. The number of hydrogen-bond acceptors (Lipinski definition) is 3. The van der Waals surface area contributed by atoms with Gasteiger partial charge in [0.2, 0.25) is 0 Å². The quantitative estimate of drug-likeness (QED) is 0.377. The summed E-state index contributed by atoms with van der Waals surface area (Å²) < 4.78 is 7.71. The molecule has 5 nitrogen and oxygen atoms in total. The number of carbonyl (C=O) groups excluding carboxylic acids is 1. The fourth-order valence-corrected chi connectivity index (χ4v) is 3.63. The topological polar surface area (TPSA) is 56.2 Å². The van der Waals surface area contributed by atoms with Crippen molar-refractivity contribution in [2.24, 2.45) is 0 Å². The van der Waals surface area contributed by atoms with Crippen molar-refractivity contribution >= 4 is 23.3 Å². The number of nitrogens with one attached hydrogen (secondary N) is 1. The third kappa shape index (κ3) is 5.37. The molecule has 3 aromatic carbocycles. The molecule has 1 N–H and O–H groups in total. The zero-order valence-corrected chi connectivity index (χ0v) is 18.8. The molecule has 162 valence electrons. The summed E-state index contributed by atoms with van der Waals surface area (Å²) in [7, 11) is 0. The molecule has 4 rings (SSSR count). The van der Waals surface area contributed by atoms with Crippen LogP contribution in [0.25, 0.3) is 0 Å². The van der Waals surface area contributed by atoms with Crippen molar-refractivity contribution in [3.8, 4) is 5.75 Å². The molecular formula is C26H24ClN3O2. The number of rotatable bonds is 7. The van der Waals surface area contributed by atoms with Gasteiger partial charge in [-0.05, 0) is 66.4 Å². The van der Waals surface area contributed by atoms with E-state index in [1.807, 2.05) is 60.3 Å². The predicted molar refractivity (Wildman–Crippen MR) is 127 cm³/mol. The van der Waals surface area contributed by atoms with Crippen LogP contribution in [0, 0.1) is 13.8 Å². The molecule has 0 saturated heterocycles. The van der Waals surface area contributed by atoms with Gasteiger partial charge < -0.3 is 10.1 Å². The summed E-state index contributed by atoms with van der Waals surface area (Å²) in [5.74, 6) is 1.07. The number of aromatic nitrogens is 2. The fourth-order valence-electron chi connectivity index (χ4n) is 3.41. The van der Waals surface area contributed by atoms with E-state index in [0.29, 0.717) is 29.6 Å². The number of nitrogens with zero attached hydrogens (tertiary/aromatic N) is 2. The molecule has 0 fully saturated rings. The van der Waals surface area contributed by atoms with Gasteiger partial charge in [0.1, 0.15) is 12.4 Å². The second kappa shape index (κ2) is 9.71. The van der Waals surface area contributed by atoms with Crippen LogP contribution < -0.4 is 10.1 Å². The summed E-state index contributed by atoms with van der Waals surface area (Å²) >= 11 is 6.00. The zero-order valence-electron chi connectivity index (χ0n) is 18.0. The van der Waals surface area contributed by atoms with E-state index < -0.39 is 0 Å². The maximum Gasteiger partial charge on any atom is 0.256 e. The van der Waals surface area contributed by atoms with Crippen molar-refractivity contribution in [2.45, 2.75) is 27.0 Å². The Hall–Kier alpha value is -3.57. The van der Waals surface area contributed by atoms with Gasteiger partial charge >= 0.3 is 0 Å². The van der Waals surface area contributed by atoms with E-state index >= 15 is 0 Å². The van der Waals surface area contributed by atoms with Crippen LogP contribution in [0.3, 0.4) is 0 Å². The summed E-state index contributed by atoms with van der Waals surface area (Å²) in [6.07, 6.45) is 1.86. The van der Waals surface area contributed by atoms with E-state index in [-0.39, 0.29) is 5.91 Å². The molecule has 32 heavy (non-hydrogen) atoms. The molecular weight excluding hydrogens is 422 g/mol. The van der Waals surface area contributed by atoms with Crippen LogP contribution in [0.1, 0.15) is 32.6 Å². The SMILES string of the molecule is Cc1ccccc1Cn1ccc(NC(=O)c2cccc(COc3ccc(Cl)cc3C)c2)n1. The molecule has 0 unspecified atom stereocenters. The lowest BCUT2D eigenvalue weighted by Crippen LogP contribution is -2.13. The summed E-state index contributed by atoms with van der Waals surface area (Å²) in [6.45, 7) is 5.03. The Labute approximate surface area is 192 Å². The molecule has 1 heterocycles. The van der Waals surface area contributed by atoms with Gasteiger partial charge in [0, 0.05) is 22.8 Å². The van der Waals surface area contributed by atoms with Gasteiger partial charge in [-0.1, -0.05) is 48.0 Å². The molecule has 4 aromatic rings. The highest BCUT2D eigenvalue weighted by atomic mass is 35.5. The zero-order chi connectivity index (χ0) is 22.5. The summed E-state index contributed by atoms with van der Waals surface area (Å²) in [5.41, 5.74) is 4.82. The fraction of sp³-hybridized carbons (Fsp3) is 0.154. The minimum Gasteiger partial charge on any atom is -0.489 e. The molecule has 0 spiro atoms. The maximum absolute atomic E-state index is 12.7. The number of amides is 1. The van der Waals surface area contributed by atoms with Crippen LogP contribution in [-0.2, 0) is 13.2 Å². The molecule has 0 aliphatic heterocycles. The average molecular weight is 446 g/mol. The molecule has 1 amide bonds. The van der Waals surface area contributed by atoms with Crippen molar-refractivity contribution in [2.75, 3.05) is 5.32 Å². The van der Waals surface area contributed by atoms with Gasteiger partial charge in [-0.3, -0.25) is 9.48 Å². The average Bonchev–Trinajstić information content (AvgIpc) is 3.21. The molecule has 0 aliphatic carbocycles. The number of ether oxygens (including phenoxy) is 1. The minimum absolute atomic E-state index is 0.212. The molecule has 0 bridgehead atoms. The van der Waals surface area contributed by atoms with Crippen molar-refractivity contribution in [3.63, 3.8) is 0 Å². The lowest BCUT2D eigenvalue weighted by atomic mass is 10.1. The standard InChI is InChI=1S/C26H24ClN3O2/c1-18-6-3-4-8-22(18)16-30-13-12-25(29-30)28-26(31)21-9-5-7-20(15-21)17-32-24-11-10-23(27)14-19(24)2/h3-15H,16-17H2,1-2H3,(H,28,29,31). The molecule has 0 atom stereocenters. The van der Waals surface area contributed by atoms with E-state index in [2.05, 4.69) is 29.5 Å². The Balaban J connectivity index is 1.39. The normalized spacial score (nSPS) is 10.7.